The number of rotatable bonds is 1. The molecule has 4 rings (SSSR count). The molecule has 0 radical (unpaired) electrons. The second-order valence-electron chi connectivity index (χ2n) is 7.63. The van der Waals surface area contributed by atoms with Crippen molar-refractivity contribution in [2.45, 2.75) is 58.0 Å². The van der Waals surface area contributed by atoms with Crippen LogP contribution in [0.4, 0.5) is 0 Å². The van der Waals surface area contributed by atoms with E-state index in [0.29, 0.717) is 24.3 Å². The number of hydrogen-bond donors (Lipinski definition) is 0. The van der Waals surface area contributed by atoms with E-state index in [0.717, 1.165) is 12.0 Å². The van der Waals surface area contributed by atoms with Crippen LogP contribution in [0.5, 0.6) is 0 Å². The highest BCUT2D eigenvalue weighted by molar-refractivity contribution is 5.98. The Morgan fingerprint density at radius 2 is 2.00 bits per heavy atom. The van der Waals surface area contributed by atoms with Gasteiger partial charge in [-0.05, 0) is 43.7 Å². The van der Waals surface area contributed by atoms with Gasteiger partial charge in [0.1, 0.15) is 0 Å². The molecule has 0 N–H and O–H groups in total. The number of carbonyl (C=O) groups excluding carboxylic acids is 1. The molecule has 0 aromatic carbocycles. The Kier molecular flexibility index (Phi) is 2.65. The van der Waals surface area contributed by atoms with Gasteiger partial charge in [-0.2, -0.15) is 0 Å². The van der Waals surface area contributed by atoms with E-state index in [-0.39, 0.29) is 5.41 Å². The third kappa shape index (κ3) is 1.79. The number of hydrogen-bond acceptors (Lipinski definition) is 2. The Morgan fingerprint density at radius 3 is 2.85 bits per heavy atom. The molecule has 3 heterocycles. The Labute approximate surface area is 120 Å². The summed E-state index contributed by atoms with van der Waals surface area (Å²) in [4.78, 5) is 15.0. The number of aromatic nitrogens is 1. The van der Waals surface area contributed by atoms with Crippen LogP contribution in [0.15, 0.2) is 12.3 Å². The van der Waals surface area contributed by atoms with Gasteiger partial charge in [0.05, 0.1) is 6.04 Å². The maximum Gasteiger partial charge on any atom is 0.165 e. The number of carbonyl (C=O) groups is 1. The summed E-state index contributed by atoms with van der Waals surface area (Å²) < 4.78 is 2.46. The van der Waals surface area contributed by atoms with Gasteiger partial charge in [-0.25, -0.2) is 0 Å². The van der Waals surface area contributed by atoms with Crippen molar-refractivity contribution in [2.75, 3.05) is 13.1 Å². The first-order valence-corrected chi connectivity index (χ1v) is 8.02. The summed E-state index contributed by atoms with van der Waals surface area (Å²) in [7, 11) is 0. The van der Waals surface area contributed by atoms with Crippen LogP contribution in [0.3, 0.4) is 0 Å². The summed E-state index contributed by atoms with van der Waals surface area (Å²) in [6, 6.07) is 3.39. The molecule has 2 fully saturated rings. The van der Waals surface area contributed by atoms with Crippen molar-refractivity contribution in [2.24, 2.45) is 5.41 Å². The molecule has 1 aromatic heterocycles. The first kappa shape index (κ1) is 12.6. The molecule has 2 aliphatic heterocycles. The van der Waals surface area contributed by atoms with Gasteiger partial charge in [-0.15, -0.1) is 0 Å². The van der Waals surface area contributed by atoms with Gasteiger partial charge in [0.15, 0.2) is 5.78 Å². The van der Waals surface area contributed by atoms with Crippen LogP contribution in [0.1, 0.15) is 61.6 Å². The lowest BCUT2D eigenvalue weighted by Crippen LogP contribution is -2.31. The Hall–Kier alpha value is -1.09. The molecule has 2 saturated heterocycles. The summed E-state index contributed by atoms with van der Waals surface area (Å²) in [6.45, 7) is 6.96. The molecule has 20 heavy (non-hydrogen) atoms. The minimum atomic E-state index is 0.119. The van der Waals surface area contributed by atoms with Crippen LogP contribution in [-0.4, -0.2) is 34.4 Å². The van der Waals surface area contributed by atoms with E-state index in [1.54, 1.807) is 0 Å². The smallest absolute Gasteiger partial charge is 0.165 e. The van der Waals surface area contributed by atoms with Gasteiger partial charge >= 0.3 is 0 Å². The van der Waals surface area contributed by atoms with Crippen LogP contribution in [0.2, 0.25) is 0 Å². The highest BCUT2D eigenvalue weighted by Gasteiger charge is 2.41. The molecule has 2 unspecified atom stereocenters. The molecule has 108 valence electrons. The van der Waals surface area contributed by atoms with E-state index >= 15 is 0 Å². The standard InChI is InChI=1S/C17H24N2O/c1-17(2)10-15-12(16(20)11-17)5-9-19(15)14-6-8-18-7-3-4-13(14)18/h5,9,13-14H,3-4,6-8,10-11H2,1-2H3. The van der Waals surface area contributed by atoms with E-state index in [2.05, 4.69) is 35.6 Å². The van der Waals surface area contributed by atoms with Crippen LogP contribution in [0, 0.1) is 5.41 Å². The average Bonchev–Trinajstić information content (AvgIpc) is 3.00. The Balaban J connectivity index is 1.72. The summed E-state index contributed by atoms with van der Waals surface area (Å²) in [5.41, 5.74) is 2.43. The summed E-state index contributed by atoms with van der Waals surface area (Å²) in [5.74, 6) is 0.344. The predicted octanol–water partition coefficient (Wildman–Crippen LogP) is 3.05. The van der Waals surface area contributed by atoms with Crippen LogP contribution in [-0.2, 0) is 6.42 Å². The van der Waals surface area contributed by atoms with Crippen LogP contribution < -0.4 is 0 Å². The van der Waals surface area contributed by atoms with E-state index in [9.17, 15) is 4.79 Å². The van der Waals surface area contributed by atoms with Crippen molar-refractivity contribution >= 4 is 5.78 Å². The van der Waals surface area contributed by atoms with E-state index < -0.39 is 0 Å². The van der Waals surface area contributed by atoms with Crippen molar-refractivity contribution < 1.29 is 4.79 Å². The molecule has 3 nitrogen and oxygen atoms in total. The summed E-state index contributed by atoms with van der Waals surface area (Å²) >= 11 is 0. The lowest BCUT2D eigenvalue weighted by molar-refractivity contribution is 0.0909. The molecule has 1 aliphatic carbocycles. The molecule has 3 aliphatic rings. The van der Waals surface area contributed by atoms with E-state index in [1.807, 2.05) is 0 Å². The Bertz CT molecular complexity index is 557. The van der Waals surface area contributed by atoms with E-state index in [1.165, 1.54) is 38.0 Å². The van der Waals surface area contributed by atoms with Gasteiger partial charge in [0.25, 0.3) is 0 Å². The normalized spacial score (nSPS) is 32.4. The quantitative estimate of drug-likeness (QED) is 0.785. The number of Topliss-reactive ketones (excluding diaryl/α,β-unsaturated/α-hetero) is 1. The van der Waals surface area contributed by atoms with Gasteiger partial charge in [-0.3, -0.25) is 9.69 Å². The SMILES string of the molecule is CC1(C)CC(=O)c2ccn(C3CCN4CCCC34)c2C1. The second kappa shape index (κ2) is 4.20. The lowest BCUT2D eigenvalue weighted by atomic mass is 9.76. The zero-order chi connectivity index (χ0) is 13.9. The molecule has 0 spiro atoms. The topological polar surface area (TPSA) is 25.2 Å². The zero-order valence-corrected chi connectivity index (χ0v) is 12.6. The van der Waals surface area contributed by atoms with Crippen molar-refractivity contribution in [3.05, 3.63) is 23.5 Å². The highest BCUT2D eigenvalue weighted by Crippen LogP contribution is 2.41. The molecule has 0 bridgehead atoms. The first-order chi connectivity index (χ1) is 9.55. The molecule has 3 heteroatoms. The molecule has 0 saturated carbocycles. The molecule has 0 amide bonds. The fraction of sp³-hybridized carbons (Fsp3) is 0.706. The average molecular weight is 272 g/mol. The summed E-state index contributed by atoms with van der Waals surface area (Å²) in [6.07, 6.45) is 7.86. The Morgan fingerprint density at radius 1 is 1.15 bits per heavy atom. The lowest BCUT2D eigenvalue weighted by Gasteiger charge is -2.32. The van der Waals surface area contributed by atoms with Crippen molar-refractivity contribution in [3.63, 3.8) is 0 Å². The molecular weight excluding hydrogens is 248 g/mol. The minimum Gasteiger partial charge on any atom is -0.346 e. The number of ketones is 1. The highest BCUT2D eigenvalue weighted by atomic mass is 16.1. The maximum atomic E-state index is 12.3. The van der Waals surface area contributed by atoms with Gasteiger partial charge < -0.3 is 4.57 Å². The number of nitrogens with zero attached hydrogens (tertiary/aromatic N) is 2. The number of fused-ring (bicyclic) bond motifs is 2. The van der Waals surface area contributed by atoms with E-state index in [4.69, 9.17) is 0 Å². The minimum absolute atomic E-state index is 0.119. The van der Waals surface area contributed by atoms with Gasteiger partial charge in [0, 0.05) is 36.5 Å². The fourth-order valence-electron chi connectivity index (χ4n) is 4.66. The van der Waals surface area contributed by atoms with Crippen LogP contribution in [0.25, 0.3) is 0 Å². The molecular formula is C17H24N2O. The maximum absolute atomic E-state index is 12.3. The van der Waals surface area contributed by atoms with Crippen LogP contribution >= 0.6 is 0 Å². The zero-order valence-electron chi connectivity index (χ0n) is 12.6. The summed E-state index contributed by atoms with van der Waals surface area (Å²) in [5, 5.41) is 0. The molecule has 2 atom stereocenters. The predicted molar refractivity (Wildman–Crippen MR) is 79.1 cm³/mol. The molecule has 1 aromatic rings. The first-order valence-electron chi connectivity index (χ1n) is 8.02. The van der Waals surface area contributed by atoms with Gasteiger partial charge in [-0.1, -0.05) is 13.8 Å². The second-order valence-corrected chi connectivity index (χ2v) is 7.63. The largest absolute Gasteiger partial charge is 0.346 e. The third-order valence-electron chi connectivity index (χ3n) is 5.54. The van der Waals surface area contributed by atoms with Gasteiger partial charge in [0.2, 0.25) is 0 Å². The third-order valence-corrected chi connectivity index (χ3v) is 5.54. The van der Waals surface area contributed by atoms with Crippen molar-refractivity contribution in [1.82, 2.24) is 9.47 Å². The van der Waals surface area contributed by atoms with Crippen molar-refractivity contribution in [3.8, 4) is 0 Å². The fourth-order valence-corrected chi connectivity index (χ4v) is 4.66. The van der Waals surface area contributed by atoms with Crippen molar-refractivity contribution in [1.29, 1.82) is 0 Å². The monoisotopic (exact) mass is 272 g/mol.